The first-order chi connectivity index (χ1) is 6.24. The average Bonchev–Trinajstić information content (AvgIpc) is 2.15. The second-order valence-electron chi connectivity index (χ2n) is 2.44. The zero-order valence-corrected chi connectivity index (χ0v) is 7.01. The first-order valence-electron chi connectivity index (χ1n) is 3.77. The van der Waals surface area contributed by atoms with Gasteiger partial charge in [-0.15, -0.1) is 0 Å². The summed E-state index contributed by atoms with van der Waals surface area (Å²) in [6.45, 7) is 3.53. The van der Waals surface area contributed by atoms with Gasteiger partial charge >= 0.3 is 0 Å². The molecule has 1 rings (SSSR count). The van der Waals surface area contributed by atoms with Gasteiger partial charge in [-0.1, -0.05) is 24.8 Å². The Morgan fingerprint density at radius 2 is 1.92 bits per heavy atom. The Labute approximate surface area is 76.2 Å². The maximum atomic E-state index is 10.3. The monoisotopic (exact) mass is 175 g/mol. The van der Waals surface area contributed by atoms with E-state index in [1.165, 1.54) is 12.1 Å². The lowest BCUT2D eigenvalue weighted by molar-refractivity contribution is -0.384. The van der Waals surface area contributed by atoms with Crippen molar-refractivity contribution in [2.24, 2.45) is 0 Å². The number of nitro groups is 1. The molecule has 0 atom stereocenters. The van der Waals surface area contributed by atoms with Gasteiger partial charge in [-0.2, -0.15) is 0 Å². The first-order valence-corrected chi connectivity index (χ1v) is 3.77. The molecule has 0 amide bonds. The quantitative estimate of drug-likeness (QED) is 0.402. The predicted octanol–water partition coefficient (Wildman–Crippen LogP) is 2.79. The van der Waals surface area contributed by atoms with Gasteiger partial charge in [0.25, 0.3) is 5.69 Å². The minimum Gasteiger partial charge on any atom is -0.258 e. The summed E-state index contributed by atoms with van der Waals surface area (Å²) in [7, 11) is 0. The van der Waals surface area contributed by atoms with E-state index in [1.807, 2.05) is 6.08 Å². The van der Waals surface area contributed by atoms with Gasteiger partial charge in [0.1, 0.15) is 0 Å². The van der Waals surface area contributed by atoms with Crippen molar-refractivity contribution < 1.29 is 4.92 Å². The molecule has 1 aromatic carbocycles. The highest BCUT2D eigenvalue weighted by Gasteiger charge is 2.01. The van der Waals surface area contributed by atoms with Crippen LogP contribution in [0.1, 0.15) is 5.56 Å². The van der Waals surface area contributed by atoms with Crippen LogP contribution in [0.3, 0.4) is 0 Å². The molecule has 13 heavy (non-hydrogen) atoms. The Balaban J connectivity index is 2.87. The summed E-state index contributed by atoms with van der Waals surface area (Å²) in [4.78, 5) is 9.88. The molecule has 0 aromatic heterocycles. The molecule has 0 fully saturated rings. The molecule has 0 unspecified atom stereocenters. The van der Waals surface area contributed by atoms with Crippen LogP contribution in [-0.2, 0) is 0 Å². The third kappa shape index (κ3) is 2.56. The fourth-order valence-electron chi connectivity index (χ4n) is 0.886. The van der Waals surface area contributed by atoms with Gasteiger partial charge < -0.3 is 0 Å². The first kappa shape index (κ1) is 9.19. The number of nitrogens with zero attached hydrogens (tertiary/aromatic N) is 1. The van der Waals surface area contributed by atoms with Crippen molar-refractivity contribution in [3.63, 3.8) is 0 Å². The van der Waals surface area contributed by atoms with Crippen LogP contribution in [0, 0.1) is 10.1 Å². The highest BCUT2D eigenvalue weighted by Crippen LogP contribution is 2.12. The maximum absolute atomic E-state index is 10.3. The van der Waals surface area contributed by atoms with Crippen molar-refractivity contribution in [3.8, 4) is 0 Å². The molecule has 0 N–H and O–H groups in total. The van der Waals surface area contributed by atoms with Crippen LogP contribution >= 0.6 is 0 Å². The summed E-state index contributed by atoms with van der Waals surface area (Å²) in [5, 5.41) is 10.3. The van der Waals surface area contributed by atoms with Crippen molar-refractivity contribution in [1.29, 1.82) is 0 Å². The second-order valence-corrected chi connectivity index (χ2v) is 2.44. The molecule has 0 radical (unpaired) electrons. The van der Waals surface area contributed by atoms with Crippen LogP contribution in [0.4, 0.5) is 5.69 Å². The average molecular weight is 175 g/mol. The number of hydrogen-bond donors (Lipinski definition) is 0. The van der Waals surface area contributed by atoms with E-state index in [2.05, 4.69) is 6.58 Å². The molecule has 3 nitrogen and oxygen atoms in total. The number of benzene rings is 1. The SMILES string of the molecule is C=C/C=C/c1ccc([N+](=O)[O-])cc1. The summed E-state index contributed by atoms with van der Waals surface area (Å²) in [5.74, 6) is 0. The topological polar surface area (TPSA) is 43.1 Å². The van der Waals surface area contributed by atoms with E-state index in [0.29, 0.717) is 0 Å². The molecule has 0 bridgehead atoms. The van der Waals surface area contributed by atoms with Gasteiger partial charge in [-0.05, 0) is 17.7 Å². The van der Waals surface area contributed by atoms with Crippen molar-refractivity contribution >= 4 is 11.8 Å². The standard InChI is InChI=1S/C10H9NO2/c1-2-3-4-9-5-7-10(8-6-9)11(12)13/h2-8H,1H2/b4-3+. The zero-order chi connectivity index (χ0) is 9.68. The lowest BCUT2D eigenvalue weighted by Crippen LogP contribution is -1.86. The van der Waals surface area contributed by atoms with E-state index < -0.39 is 4.92 Å². The maximum Gasteiger partial charge on any atom is 0.269 e. The highest BCUT2D eigenvalue weighted by atomic mass is 16.6. The fourth-order valence-corrected chi connectivity index (χ4v) is 0.886. The second kappa shape index (κ2) is 4.21. The van der Waals surface area contributed by atoms with Crippen molar-refractivity contribution in [2.75, 3.05) is 0 Å². The molecule has 66 valence electrons. The van der Waals surface area contributed by atoms with Crippen molar-refractivity contribution in [2.45, 2.75) is 0 Å². The summed E-state index contributed by atoms with van der Waals surface area (Å²) < 4.78 is 0. The number of non-ortho nitro benzene ring substituents is 1. The van der Waals surface area contributed by atoms with E-state index in [0.717, 1.165) is 5.56 Å². The fraction of sp³-hybridized carbons (Fsp3) is 0. The van der Waals surface area contributed by atoms with Crippen LogP contribution in [0.15, 0.2) is 43.0 Å². The van der Waals surface area contributed by atoms with E-state index >= 15 is 0 Å². The van der Waals surface area contributed by atoms with E-state index in [-0.39, 0.29) is 5.69 Å². The van der Waals surface area contributed by atoms with Crippen LogP contribution in [0.5, 0.6) is 0 Å². The molecule has 3 heteroatoms. The van der Waals surface area contributed by atoms with Crippen LogP contribution < -0.4 is 0 Å². The van der Waals surface area contributed by atoms with Gasteiger partial charge in [0.15, 0.2) is 0 Å². The Hall–Kier alpha value is -1.90. The van der Waals surface area contributed by atoms with E-state index in [4.69, 9.17) is 0 Å². The Kier molecular flexibility index (Phi) is 2.97. The van der Waals surface area contributed by atoms with Gasteiger partial charge in [0, 0.05) is 12.1 Å². The minimum absolute atomic E-state index is 0.107. The molecular weight excluding hydrogens is 166 g/mol. The smallest absolute Gasteiger partial charge is 0.258 e. The molecule has 0 aliphatic carbocycles. The Morgan fingerprint density at radius 1 is 1.31 bits per heavy atom. The summed E-state index contributed by atoms with van der Waals surface area (Å²) in [5.41, 5.74) is 1.03. The molecule has 0 aliphatic heterocycles. The third-order valence-electron chi connectivity index (χ3n) is 1.53. The zero-order valence-electron chi connectivity index (χ0n) is 7.01. The highest BCUT2D eigenvalue weighted by molar-refractivity contribution is 5.52. The molecular formula is C10H9NO2. The van der Waals surface area contributed by atoms with Gasteiger partial charge in [-0.3, -0.25) is 10.1 Å². The summed E-state index contributed by atoms with van der Waals surface area (Å²) in [6, 6.07) is 6.34. The largest absolute Gasteiger partial charge is 0.269 e. The molecule has 0 heterocycles. The van der Waals surface area contributed by atoms with Crippen molar-refractivity contribution in [1.82, 2.24) is 0 Å². The van der Waals surface area contributed by atoms with Gasteiger partial charge in [-0.25, -0.2) is 0 Å². The molecule has 1 aromatic rings. The third-order valence-corrected chi connectivity index (χ3v) is 1.53. The lowest BCUT2D eigenvalue weighted by Gasteiger charge is -1.92. The Bertz CT molecular complexity index is 338. The van der Waals surface area contributed by atoms with Crippen LogP contribution in [0.25, 0.3) is 6.08 Å². The van der Waals surface area contributed by atoms with Crippen LogP contribution in [-0.4, -0.2) is 4.92 Å². The summed E-state index contributed by atoms with van der Waals surface area (Å²) >= 11 is 0. The normalized spacial score (nSPS) is 10.2. The molecule has 0 spiro atoms. The molecule has 0 saturated heterocycles. The Morgan fingerprint density at radius 3 is 2.38 bits per heavy atom. The number of hydrogen-bond acceptors (Lipinski definition) is 2. The van der Waals surface area contributed by atoms with Gasteiger partial charge in [0.2, 0.25) is 0 Å². The predicted molar refractivity (Wildman–Crippen MR) is 52.3 cm³/mol. The molecule has 0 saturated carbocycles. The number of rotatable bonds is 3. The van der Waals surface area contributed by atoms with E-state index in [1.54, 1.807) is 24.3 Å². The van der Waals surface area contributed by atoms with Crippen molar-refractivity contribution in [3.05, 3.63) is 58.7 Å². The number of nitro benzene ring substituents is 1. The van der Waals surface area contributed by atoms with Crippen LogP contribution in [0.2, 0.25) is 0 Å². The van der Waals surface area contributed by atoms with Gasteiger partial charge in [0.05, 0.1) is 4.92 Å². The van der Waals surface area contributed by atoms with E-state index in [9.17, 15) is 10.1 Å². The molecule has 0 aliphatic rings. The number of allylic oxidation sites excluding steroid dienone is 2. The summed E-state index contributed by atoms with van der Waals surface area (Å²) in [6.07, 6.45) is 5.26. The minimum atomic E-state index is -0.416. The lowest BCUT2D eigenvalue weighted by atomic mass is 10.2.